The van der Waals surface area contributed by atoms with Gasteiger partial charge in [-0.05, 0) is 76.2 Å². The Labute approximate surface area is 179 Å². The van der Waals surface area contributed by atoms with Crippen molar-refractivity contribution in [3.63, 3.8) is 0 Å². The van der Waals surface area contributed by atoms with Crippen LogP contribution >= 0.6 is 0 Å². The van der Waals surface area contributed by atoms with E-state index in [9.17, 15) is 14.0 Å². The Morgan fingerprint density at radius 3 is 2.68 bits per heavy atom. The predicted molar refractivity (Wildman–Crippen MR) is 118 cm³/mol. The van der Waals surface area contributed by atoms with Gasteiger partial charge in [-0.2, -0.15) is 0 Å². The molecule has 1 aliphatic rings. The zero-order chi connectivity index (χ0) is 22.0. The molecule has 5 nitrogen and oxygen atoms in total. The minimum absolute atomic E-state index is 0.193. The van der Waals surface area contributed by atoms with Gasteiger partial charge in [0.15, 0.2) is 0 Å². The summed E-state index contributed by atoms with van der Waals surface area (Å²) in [7, 11) is 0. The number of halogens is 1. The smallest absolute Gasteiger partial charge is 0.307 e. The van der Waals surface area contributed by atoms with Gasteiger partial charge in [0.05, 0.1) is 6.42 Å². The fourth-order valence-electron chi connectivity index (χ4n) is 3.83. The van der Waals surface area contributed by atoms with Crippen LogP contribution in [-0.2, 0) is 24.2 Å². The van der Waals surface area contributed by atoms with Crippen LogP contribution in [0.5, 0.6) is 0 Å². The molecule has 4 N–H and O–H groups in total. The van der Waals surface area contributed by atoms with Crippen molar-refractivity contribution in [2.45, 2.75) is 19.4 Å². The number of anilines is 1. The van der Waals surface area contributed by atoms with Crippen molar-refractivity contribution in [3.8, 4) is 11.1 Å². The van der Waals surface area contributed by atoms with Crippen LogP contribution in [0.25, 0.3) is 17.2 Å². The van der Waals surface area contributed by atoms with Gasteiger partial charge in [0.1, 0.15) is 5.82 Å². The fraction of sp³-hybridized carbons (Fsp3) is 0.120. The number of nitrogens with two attached hydrogens (primary N) is 1. The van der Waals surface area contributed by atoms with E-state index < -0.39 is 5.97 Å². The molecule has 0 aromatic heterocycles. The minimum atomic E-state index is -0.977. The average Bonchev–Trinajstić information content (AvgIpc) is 3.22. The second-order valence-electron chi connectivity index (χ2n) is 7.44. The molecule has 156 valence electrons. The van der Waals surface area contributed by atoms with Crippen molar-refractivity contribution in [2.24, 2.45) is 5.73 Å². The number of benzene rings is 3. The van der Waals surface area contributed by atoms with Crippen LogP contribution in [-0.4, -0.2) is 17.0 Å². The first kappa shape index (κ1) is 20.5. The van der Waals surface area contributed by atoms with Crippen LogP contribution in [0, 0.1) is 5.82 Å². The molecule has 0 bridgehead atoms. The lowest BCUT2D eigenvalue weighted by Gasteiger charge is -2.14. The van der Waals surface area contributed by atoms with Gasteiger partial charge in [-0.25, -0.2) is 4.39 Å². The summed E-state index contributed by atoms with van der Waals surface area (Å²) in [5.41, 5.74) is 11.1. The van der Waals surface area contributed by atoms with Crippen molar-refractivity contribution < 1.29 is 19.1 Å². The van der Waals surface area contributed by atoms with E-state index in [1.165, 1.54) is 12.1 Å². The van der Waals surface area contributed by atoms with Gasteiger partial charge in [-0.3, -0.25) is 9.59 Å². The summed E-state index contributed by atoms with van der Waals surface area (Å²) in [6.07, 6.45) is 4.46. The Hall–Kier alpha value is -3.77. The van der Waals surface area contributed by atoms with Crippen molar-refractivity contribution in [1.82, 2.24) is 0 Å². The van der Waals surface area contributed by atoms with E-state index in [1.54, 1.807) is 30.3 Å². The zero-order valence-electron chi connectivity index (χ0n) is 16.7. The highest BCUT2D eigenvalue weighted by Gasteiger charge is 2.18. The lowest BCUT2D eigenvalue weighted by molar-refractivity contribution is -0.136. The molecular weight excluding hydrogens is 395 g/mol. The minimum Gasteiger partial charge on any atom is -0.481 e. The molecule has 31 heavy (non-hydrogen) atoms. The number of carbonyl (C=O) groups is 2. The van der Waals surface area contributed by atoms with E-state index >= 15 is 0 Å². The average molecular weight is 416 g/mol. The molecule has 0 atom stereocenters. The van der Waals surface area contributed by atoms with Crippen molar-refractivity contribution >= 4 is 23.6 Å². The first-order chi connectivity index (χ1) is 14.9. The van der Waals surface area contributed by atoms with Gasteiger partial charge < -0.3 is 16.2 Å². The number of aliphatic carboxylic acids is 1. The molecule has 0 radical (unpaired) electrons. The molecule has 1 amide bonds. The van der Waals surface area contributed by atoms with E-state index in [2.05, 4.69) is 5.32 Å². The third-order valence-electron chi connectivity index (χ3n) is 5.26. The van der Waals surface area contributed by atoms with E-state index in [0.717, 1.165) is 16.7 Å². The summed E-state index contributed by atoms with van der Waals surface area (Å²) in [5.74, 6) is -1.72. The first-order valence-corrected chi connectivity index (χ1v) is 9.89. The SMILES string of the molecule is NCc1cc(F)cc(-c2cc(C(=O)Nc3ccccc3CC(=O)O)cc3c2C=CC3)c1. The van der Waals surface area contributed by atoms with Crippen molar-refractivity contribution in [1.29, 1.82) is 0 Å². The summed E-state index contributed by atoms with van der Waals surface area (Å²) < 4.78 is 14.1. The zero-order valence-corrected chi connectivity index (χ0v) is 16.7. The molecule has 0 unspecified atom stereocenters. The maximum absolute atomic E-state index is 14.1. The quantitative estimate of drug-likeness (QED) is 0.555. The topological polar surface area (TPSA) is 92.4 Å². The monoisotopic (exact) mass is 416 g/mol. The largest absolute Gasteiger partial charge is 0.481 e. The predicted octanol–water partition coefficient (Wildman–Crippen LogP) is 4.40. The molecule has 1 aliphatic carbocycles. The highest BCUT2D eigenvalue weighted by atomic mass is 19.1. The highest BCUT2D eigenvalue weighted by Crippen LogP contribution is 2.34. The molecule has 0 saturated heterocycles. The van der Waals surface area contributed by atoms with Crippen LogP contribution in [0.15, 0.2) is 60.7 Å². The van der Waals surface area contributed by atoms with Gasteiger partial charge in [-0.15, -0.1) is 0 Å². The number of allylic oxidation sites excluding steroid dienone is 1. The van der Waals surface area contributed by atoms with Gasteiger partial charge >= 0.3 is 5.97 Å². The standard InChI is InChI=1S/C25H21FN2O3/c26-20-9-15(14-27)8-18(11-20)22-12-19(10-16-5-3-6-21(16)22)25(31)28-23-7-2-1-4-17(23)13-24(29)30/h1-4,6-12H,5,13-14,27H2,(H,28,31)(H,29,30). The number of fused-ring (bicyclic) bond motifs is 1. The van der Waals surface area contributed by atoms with Gasteiger partial charge in [0.25, 0.3) is 5.91 Å². The third kappa shape index (κ3) is 4.39. The third-order valence-corrected chi connectivity index (χ3v) is 5.26. The van der Waals surface area contributed by atoms with Gasteiger partial charge in [0.2, 0.25) is 0 Å². The molecule has 3 aromatic rings. The number of carboxylic acids is 1. The number of amides is 1. The second kappa shape index (κ2) is 8.53. The molecule has 0 spiro atoms. The van der Waals surface area contributed by atoms with Crippen LogP contribution in [0.3, 0.4) is 0 Å². The summed E-state index contributed by atoms with van der Waals surface area (Å²) >= 11 is 0. The molecule has 0 heterocycles. The maximum atomic E-state index is 14.1. The van der Waals surface area contributed by atoms with E-state index in [-0.39, 0.29) is 24.7 Å². The molecule has 0 saturated carbocycles. The summed E-state index contributed by atoms with van der Waals surface area (Å²) in [4.78, 5) is 24.2. The number of hydrogen-bond donors (Lipinski definition) is 3. The van der Waals surface area contributed by atoms with Crippen LogP contribution in [0.2, 0.25) is 0 Å². The first-order valence-electron chi connectivity index (χ1n) is 9.89. The van der Waals surface area contributed by atoms with E-state index in [0.29, 0.717) is 34.4 Å². The van der Waals surface area contributed by atoms with Crippen LogP contribution in [0.1, 0.15) is 32.6 Å². The summed E-state index contributed by atoms with van der Waals surface area (Å²) in [6, 6.07) is 15.0. The Kier molecular flexibility index (Phi) is 5.64. The Morgan fingerprint density at radius 2 is 1.90 bits per heavy atom. The second-order valence-corrected chi connectivity index (χ2v) is 7.44. The van der Waals surface area contributed by atoms with Crippen LogP contribution in [0.4, 0.5) is 10.1 Å². The fourth-order valence-corrected chi connectivity index (χ4v) is 3.83. The van der Waals surface area contributed by atoms with E-state index in [4.69, 9.17) is 10.8 Å². The van der Waals surface area contributed by atoms with Crippen molar-refractivity contribution in [3.05, 3.63) is 94.3 Å². The molecule has 6 heteroatoms. The lowest BCUT2D eigenvalue weighted by atomic mass is 9.93. The number of rotatable bonds is 6. The molecule has 0 fully saturated rings. The van der Waals surface area contributed by atoms with Crippen molar-refractivity contribution in [2.75, 3.05) is 5.32 Å². The van der Waals surface area contributed by atoms with E-state index in [1.807, 2.05) is 24.3 Å². The number of nitrogens with one attached hydrogen (secondary N) is 1. The highest BCUT2D eigenvalue weighted by molar-refractivity contribution is 6.06. The molecular formula is C25H21FN2O3. The Bertz CT molecular complexity index is 1220. The Balaban J connectivity index is 1.73. The summed E-state index contributed by atoms with van der Waals surface area (Å²) in [6.45, 7) is 0.212. The number of carbonyl (C=O) groups excluding carboxylic acids is 1. The Morgan fingerprint density at radius 1 is 1.10 bits per heavy atom. The van der Waals surface area contributed by atoms with Crippen LogP contribution < -0.4 is 11.1 Å². The molecule has 0 aliphatic heterocycles. The number of carboxylic acid groups (broad SMARTS) is 1. The molecule has 4 rings (SSSR count). The maximum Gasteiger partial charge on any atom is 0.307 e. The number of hydrogen-bond acceptors (Lipinski definition) is 3. The van der Waals surface area contributed by atoms with Gasteiger partial charge in [0, 0.05) is 17.8 Å². The summed E-state index contributed by atoms with van der Waals surface area (Å²) in [5, 5.41) is 11.9. The molecule has 3 aromatic carbocycles. The lowest BCUT2D eigenvalue weighted by Crippen LogP contribution is -2.15. The normalized spacial score (nSPS) is 11.9. The number of para-hydroxylation sites is 1. The van der Waals surface area contributed by atoms with Gasteiger partial charge in [-0.1, -0.05) is 30.4 Å².